The number of alkyl halides is 2. The van der Waals surface area contributed by atoms with Crippen molar-refractivity contribution in [1.29, 1.82) is 0 Å². The summed E-state index contributed by atoms with van der Waals surface area (Å²) in [6.07, 6.45) is 1.41. The molecule has 2 aliphatic rings. The predicted octanol–water partition coefficient (Wildman–Crippen LogP) is 2.37. The third-order valence-corrected chi connectivity index (χ3v) is 9.47. The van der Waals surface area contributed by atoms with E-state index in [0.717, 1.165) is 17.4 Å². The lowest BCUT2D eigenvalue weighted by Gasteiger charge is -2.35. The zero-order valence-corrected chi connectivity index (χ0v) is 24.5. The van der Waals surface area contributed by atoms with Crippen molar-refractivity contribution in [3.05, 3.63) is 39.5 Å². The SMILES string of the molecule is CN1CCN(C(=O)[C@H](CNC(=O)c2ccc(Cl)s2)NS(=O)(=O)c2cccc(N3CCCCC3=O)c2OC(F)F)CC1. The number of piperidine rings is 1. The Labute approximate surface area is 245 Å². The lowest BCUT2D eigenvalue weighted by atomic mass is 10.1. The molecule has 2 N–H and O–H groups in total. The maximum atomic E-state index is 13.7. The minimum absolute atomic E-state index is 0.109. The van der Waals surface area contributed by atoms with Crippen LogP contribution in [0, 0.1) is 0 Å². The van der Waals surface area contributed by atoms with Crippen LogP contribution in [0.2, 0.25) is 4.34 Å². The molecule has 0 radical (unpaired) electrons. The number of sulfonamides is 1. The summed E-state index contributed by atoms with van der Waals surface area (Å²) in [6, 6.07) is 5.25. The highest BCUT2D eigenvalue weighted by atomic mass is 35.5. The minimum Gasteiger partial charge on any atom is -0.431 e. The van der Waals surface area contributed by atoms with Gasteiger partial charge in [0, 0.05) is 45.7 Å². The molecule has 1 aromatic carbocycles. The zero-order chi connectivity index (χ0) is 29.7. The monoisotopic (exact) mass is 633 g/mol. The highest BCUT2D eigenvalue weighted by Crippen LogP contribution is 2.38. The summed E-state index contributed by atoms with van der Waals surface area (Å²) >= 11 is 6.92. The van der Waals surface area contributed by atoms with Gasteiger partial charge in [0.2, 0.25) is 21.8 Å². The second-order valence-corrected chi connectivity index (χ2v) is 13.0. The Bertz CT molecular complexity index is 1380. The molecule has 0 spiro atoms. The molecule has 0 saturated carbocycles. The van der Waals surface area contributed by atoms with Crippen LogP contribution in [0.1, 0.15) is 28.9 Å². The van der Waals surface area contributed by atoms with Gasteiger partial charge in [0.05, 0.1) is 14.9 Å². The van der Waals surface area contributed by atoms with E-state index in [1.54, 1.807) is 0 Å². The van der Waals surface area contributed by atoms with Crippen LogP contribution < -0.4 is 19.7 Å². The van der Waals surface area contributed by atoms with Crippen molar-refractivity contribution in [3.8, 4) is 5.75 Å². The summed E-state index contributed by atoms with van der Waals surface area (Å²) in [5.41, 5.74) is -0.109. The number of benzene rings is 1. The number of carbonyl (C=O) groups is 3. The Kier molecular flexibility index (Phi) is 10.2. The molecular formula is C25H30ClF2N5O6S2. The standard InChI is InChI=1S/C25H30ClF2N5O6S2/c1-31-11-13-32(14-12-31)24(36)16(15-29-23(35)18-8-9-20(26)40-18)30-41(37,38)19-6-4-5-17(22(19)39-25(27)28)33-10-3-2-7-21(33)34/h4-6,8-9,16,25,30H,2-3,7,10-15H2,1H3,(H,29,35)/t16-/m0/s1. The van der Waals surface area contributed by atoms with Crippen molar-refractivity contribution in [2.45, 2.75) is 36.8 Å². The maximum Gasteiger partial charge on any atom is 0.387 e. The van der Waals surface area contributed by atoms with E-state index in [1.807, 2.05) is 11.9 Å². The first-order valence-electron chi connectivity index (χ1n) is 12.9. The average Bonchev–Trinajstić information content (AvgIpc) is 3.37. The molecule has 0 unspecified atom stereocenters. The van der Waals surface area contributed by atoms with E-state index in [0.29, 0.717) is 43.4 Å². The van der Waals surface area contributed by atoms with E-state index in [1.165, 1.54) is 34.1 Å². The first-order valence-corrected chi connectivity index (χ1v) is 15.6. The quantitative estimate of drug-likeness (QED) is 0.411. The van der Waals surface area contributed by atoms with Crippen molar-refractivity contribution in [3.63, 3.8) is 0 Å². The van der Waals surface area contributed by atoms with Crippen LogP contribution >= 0.6 is 22.9 Å². The normalized spacial score (nSPS) is 17.5. The van der Waals surface area contributed by atoms with Crippen molar-refractivity contribution in [2.24, 2.45) is 0 Å². The molecule has 3 heterocycles. The number of anilines is 1. The Balaban J connectivity index is 1.65. The third kappa shape index (κ3) is 7.71. The van der Waals surface area contributed by atoms with Crippen molar-refractivity contribution >= 4 is 56.4 Å². The number of rotatable bonds is 10. The molecule has 2 aliphatic heterocycles. The fraction of sp³-hybridized carbons (Fsp3) is 0.480. The van der Waals surface area contributed by atoms with Crippen LogP contribution in [-0.2, 0) is 19.6 Å². The maximum absolute atomic E-state index is 13.7. The van der Waals surface area contributed by atoms with Crippen LogP contribution in [0.25, 0.3) is 0 Å². The van der Waals surface area contributed by atoms with Gasteiger partial charge in [0.15, 0.2) is 5.75 Å². The van der Waals surface area contributed by atoms with Crippen molar-refractivity contribution in [1.82, 2.24) is 19.8 Å². The molecule has 0 aliphatic carbocycles. The lowest BCUT2D eigenvalue weighted by Crippen LogP contribution is -2.57. The Morgan fingerprint density at radius 3 is 2.46 bits per heavy atom. The summed E-state index contributed by atoms with van der Waals surface area (Å²) in [6.45, 7) is -1.83. The van der Waals surface area contributed by atoms with E-state index in [-0.39, 0.29) is 29.4 Å². The van der Waals surface area contributed by atoms with Crippen molar-refractivity contribution in [2.75, 3.05) is 51.2 Å². The second-order valence-electron chi connectivity index (χ2n) is 9.60. The minimum atomic E-state index is -4.69. The number of para-hydroxylation sites is 1. The van der Waals surface area contributed by atoms with Crippen LogP contribution in [0.5, 0.6) is 5.75 Å². The van der Waals surface area contributed by atoms with Gasteiger partial charge in [0.25, 0.3) is 5.91 Å². The number of nitrogens with one attached hydrogen (secondary N) is 2. The smallest absolute Gasteiger partial charge is 0.387 e. The molecule has 1 aromatic heterocycles. The molecule has 3 amide bonds. The number of ether oxygens (including phenoxy) is 1. The number of hydrogen-bond acceptors (Lipinski definition) is 8. The molecule has 0 bridgehead atoms. The number of hydrogen-bond donors (Lipinski definition) is 2. The third-order valence-electron chi connectivity index (χ3n) is 6.74. The van der Waals surface area contributed by atoms with Crippen LogP contribution in [-0.4, -0.2) is 94.9 Å². The summed E-state index contributed by atoms with van der Waals surface area (Å²) in [5, 5.41) is 2.55. The van der Waals surface area contributed by atoms with Gasteiger partial charge in [-0.05, 0) is 44.2 Å². The summed E-state index contributed by atoms with van der Waals surface area (Å²) in [4.78, 5) is 43.0. The number of carbonyl (C=O) groups excluding carboxylic acids is 3. The van der Waals surface area contributed by atoms with Crippen molar-refractivity contribution < 1.29 is 36.3 Å². The number of piperazine rings is 1. The Hall–Kier alpha value is -2.85. The summed E-state index contributed by atoms with van der Waals surface area (Å²) < 4.78 is 61.7. The van der Waals surface area contributed by atoms with Gasteiger partial charge in [-0.2, -0.15) is 13.5 Å². The number of thiophene rings is 1. The van der Waals surface area contributed by atoms with Gasteiger partial charge in [-0.25, -0.2) is 8.42 Å². The van der Waals surface area contributed by atoms with Crippen LogP contribution in [0.15, 0.2) is 35.2 Å². The van der Waals surface area contributed by atoms with E-state index < -0.39 is 51.7 Å². The van der Waals surface area contributed by atoms with Crippen LogP contribution in [0.4, 0.5) is 14.5 Å². The summed E-state index contributed by atoms with van der Waals surface area (Å²) in [5.74, 6) is -2.21. The molecule has 2 fully saturated rings. The van der Waals surface area contributed by atoms with Gasteiger partial charge in [-0.3, -0.25) is 14.4 Å². The van der Waals surface area contributed by atoms with Gasteiger partial charge in [-0.15, -0.1) is 11.3 Å². The first-order chi connectivity index (χ1) is 19.5. The van der Waals surface area contributed by atoms with E-state index in [9.17, 15) is 31.6 Å². The zero-order valence-electron chi connectivity index (χ0n) is 22.1. The highest BCUT2D eigenvalue weighted by Gasteiger charge is 2.35. The second kappa shape index (κ2) is 13.4. The average molecular weight is 634 g/mol. The molecule has 1 atom stereocenters. The predicted molar refractivity (Wildman–Crippen MR) is 149 cm³/mol. The Morgan fingerprint density at radius 2 is 1.83 bits per heavy atom. The van der Waals surface area contributed by atoms with E-state index in [4.69, 9.17) is 11.6 Å². The molecule has 224 valence electrons. The fourth-order valence-corrected chi connectivity index (χ4v) is 6.89. The van der Waals surface area contributed by atoms with Gasteiger partial charge >= 0.3 is 6.61 Å². The number of halogens is 3. The number of likely N-dealkylation sites (N-methyl/N-ethyl adjacent to an activating group) is 1. The molecule has 2 aromatic rings. The number of nitrogens with zero attached hydrogens (tertiary/aromatic N) is 3. The highest BCUT2D eigenvalue weighted by molar-refractivity contribution is 7.89. The lowest BCUT2D eigenvalue weighted by molar-refractivity contribution is -0.134. The van der Waals surface area contributed by atoms with Gasteiger partial charge in [-0.1, -0.05) is 17.7 Å². The molecule has 2 saturated heterocycles. The van der Waals surface area contributed by atoms with Crippen LogP contribution in [0.3, 0.4) is 0 Å². The first kappa shape index (κ1) is 31.1. The molecule has 4 rings (SSSR count). The van der Waals surface area contributed by atoms with E-state index >= 15 is 0 Å². The number of amides is 3. The fourth-order valence-electron chi connectivity index (χ4n) is 4.59. The summed E-state index contributed by atoms with van der Waals surface area (Å²) in [7, 11) is -2.80. The Morgan fingerprint density at radius 1 is 1.10 bits per heavy atom. The molecular weight excluding hydrogens is 604 g/mol. The van der Waals surface area contributed by atoms with E-state index in [2.05, 4.69) is 14.8 Å². The topological polar surface area (TPSA) is 128 Å². The molecule has 11 nitrogen and oxygen atoms in total. The van der Waals surface area contributed by atoms with Gasteiger partial charge in [0.1, 0.15) is 10.9 Å². The van der Waals surface area contributed by atoms with Gasteiger partial charge < -0.3 is 24.8 Å². The molecule has 41 heavy (non-hydrogen) atoms. The largest absolute Gasteiger partial charge is 0.431 e. The molecule has 16 heteroatoms.